The van der Waals surface area contributed by atoms with Gasteiger partial charge in [-0.1, -0.05) is 6.07 Å². The van der Waals surface area contributed by atoms with Crippen molar-refractivity contribution in [2.24, 2.45) is 0 Å². The van der Waals surface area contributed by atoms with Crippen LogP contribution in [0.3, 0.4) is 0 Å². The smallest absolute Gasteiger partial charge is 0.408 e. The number of benzene rings is 1. The Labute approximate surface area is 113 Å². The van der Waals surface area contributed by atoms with Crippen molar-refractivity contribution < 1.29 is 9.53 Å². The Morgan fingerprint density at radius 1 is 1.47 bits per heavy atom. The second-order valence-electron chi connectivity index (χ2n) is 5.76. The molecule has 1 aromatic carbocycles. The highest BCUT2D eigenvalue weighted by Crippen LogP contribution is 2.31. The van der Waals surface area contributed by atoms with Gasteiger partial charge in [-0.25, -0.2) is 4.79 Å². The lowest BCUT2D eigenvalue weighted by Gasteiger charge is -2.22. The third kappa shape index (κ3) is 3.25. The summed E-state index contributed by atoms with van der Waals surface area (Å²) in [5.74, 6) is 0. The SMILES string of the molecule is CC(C)(C)OC(=O)N[C@@H]1CCc2cc(C#N)ccc21. The Balaban J connectivity index is 2.07. The van der Waals surface area contributed by atoms with E-state index in [2.05, 4.69) is 11.4 Å². The van der Waals surface area contributed by atoms with Gasteiger partial charge in [-0.3, -0.25) is 0 Å². The highest BCUT2D eigenvalue weighted by molar-refractivity contribution is 5.68. The van der Waals surface area contributed by atoms with E-state index in [0.717, 1.165) is 24.0 Å². The van der Waals surface area contributed by atoms with Gasteiger partial charge in [0.15, 0.2) is 0 Å². The fourth-order valence-electron chi connectivity index (χ4n) is 2.29. The molecule has 0 aromatic heterocycles. The molecule has 0 radical (unpaired) electrons. The molecule has 0 heterocycles. The Hall–Kier alpha value is -2.02. The van der Waals surface area contributed by atoms with Crippen LogP contribution in [0.25, 0.3) is 0 Å². The Kier molecular flexibility index (Phi) is 3.48. The molecule has 0 saturated carbocycles. The average molecular weight is 258 g/mol. The summed E-state index contributed by atoms with van der Waals surface area (Å²) in [5.41, 5.74) is 2.40. The van der Waals surface area contributed by atoms with Crippen molar-refractivity contribution in [3.63, 3.8) is 0 Å². The van der Waals surface area contributed by atoms with E-state index in [1.807, 2.05) is 32.9 Å². The van der Waals surface area contributed by atoms with Crippen molar-refractivity contribution >= 4 is 6.09 Å². The van der Waals surface area contributed by atoms with Crippen LogP contribution < -0.4 is 5.32 Å². The second kappa shape index (κ2) is 4.93. The van der Waals surface area contributed by atoms with Crippen LogP contribution in [0.2, 0.25) is 0 Å². The first kappa shape index (κ1) is 13.4. The summed E-state index contributed by atoms with van der Waals surface area (Å²) in [7, 11) is 0. The maximum atomic E-state index is 11.8. The minimum absolute atomic E-state index is 0.0161. The van der Waals surface area contributed by atoms with Crippen LogP contribution in [0, 0.1) is 11.3 Å². The van der Waals surface area contributed by atoms with E-state index in [1.54, 1.807) is 6.07 Å². The summed E-state index contributed by atoms with van der Waals surface area (Å²) in [6.45, 7) is 5.52. The van der Waals surface area contributed by atoms with Crippen molar-refractivity contribution in [1.82, 2.24) is 5.32 Å². The molecule has 2 rings (SSSR count). The van der Waals surface area contributed by atoms with Gasteiger partial charge >= 0.3 is 6.09 Å². The lowest BCUT2D eigenvalue weighted by atomic mass is 10.1. The summed E-state index contributed by atoms with van der Waals surface area (Å²) in [5, 5.41) is 11.8. The molecule has 1 aliphatic rings. The molecule has 100 valence electrons. The van der Waals surface area contributed by atoms with Crippen LogP contribution >= 0.6 is 0 Å². The number of amides is 1. The predicted octanol–water partition coefficient (Wildman–Crippen LogP) is 3.07. The zero-order valence-corrected chi connectivity index (χ0v) is 11.5. The molecular formula is C15H18N2O2. The van der Waals surface area contributed by atoms with E-state index in [9.17, 15) is 4.79 Å². The van der Waals surface area contributed by atoms with E-state index in [4.69, 9.17) is 10.00 Å². The van der Waals surface area contributed by atoms with Gasteiger partial charge in [-0.05, 0) is 56.9 Å². The molecule has 1 atom stereocenters. The average Bonchev–Trinajstić information content (AvgIpc) is 2.69. The van der Waals surface area contributed by atoms with Crippen LogP contribution in [0.5, 0.6) is 0 Å². The van der Waals surface area contributed by atoms with Gasteiger partial charge in [0, 0.05) is 0 Å². The fraction of sp³-hybridized carbons (Fsp3) is 0.467. The topological polar surface area (TPSA) is 62.1 Å². The van der Waals surface area contributed by atoms with Gasteiger partial charge < -0.3 is 10.1 Å². The van der Waals surface area contributed by atoms with Crippen LogP contribution in [0.4, 0.5) is 4.79 Å². The number of nitrogens with one attached hydrogen (secondary N) is 1. The normalized spacial score (nSPS) is 17.5. The van der Waals surface area contributed by atoms with Crippen molar-refractivity contribution in [2.75, 3.05) is 0 Å². The number of aryl methyl sites for hydroxylation is 1. The Morgan fingerprint density at radius 2 is 2.21 bits per heavy atom. The minimum Gasteiger partial charge on any atom is -0.444 e. The van der Waals surface area contributed by atoms with Crippen LogP contribution in [-0.4, -0.2) is 11.7 Å². The zero-order valence-electron chi connectivity index (χ0n) is 11.5. The van der Waals surface area contributed by atoms with E-state index in [1.165, 1.54) is 0 Å². The standard InChI is InChI=1S/C15H18N2O2/c1-15(2,3)19-14(18)17-13-7-5-11-8-10(9-16)4-6-12(11)13/h4,6,8,13H,5,7H2,1-3H3,(H,17,18)/t13-/m1/s1. The summed E-state index contributed by atoms with van der Waals surface area (Å²) in [4.78, 5) is 11.8. The van der Waals surface area contributed by atoms with Gasteiger partial charge in [0.05, 0.1) is 17.7 Å². The Morgan fingerprint density at radius 3 is 2.84 bits per heavy atom. The second-order valence-corrected chi connectivity index (χ2v) is 5.76. The zero-order chi connectivity index (χ0) is 14.0. The number of ether oxygens (including phenoxy) is 1. The van der Waals surface area contributed by atoms with E-state index < -0.39 is 11.7 Å². The van der Waals surface area contributed by atoms with E-state index in [0.29, 0.717) is 5.56 Å². The summed E-state index contributed by atoms with van der Waals surface area (Å²) >= 11 is 0. The quantitative estimate of drug-likeness (QED) is 0.842. The molecule has 1 amide bonds. The summed E-state index contributed by atoms with van der Waals surface area (Å²) in [6.07, 6.45) is 1.34. The number of carbonyl (C=O) groups is 1. The molecule has 1 N–H and O–H groups in total. The molecule has 0 unspecified atom stereocenters. The maximum Gasteiger partial charge on any atom is 0.408 e. The molecule has 0 bridgehead atoms. The summed E-state index contributed by atoms with van der Waals surface area (Å²) < 4.78 is 5.26. The minimum atomic E-state index is -0.490. The number of rotatable bonds is 1. The third-order valence-corrected chi connectivity index (χ3v) is 3.04. The van der Waals surface area contributed by atoms with Crippen LogP contribution in [0.1, 0.15) is 49.9 Å². The molecule has 1 aliphatic carbocycles. The number of nitrogens with zero attached hydrogens (tertiary/aromatic N) is 1. The number of hydrogen-bond acceptors (Lipinski definition) is 3. The van der Waals surface area contributed by atoms with E-state index in [-0.39, 0.29) is 6.04 Å². The molecule has 1 aromatic rings. The predicted molar refractivity (Wildman–Crippen MR) is 71.6 cm³/mol. The molecule has 0 saturated heterocycles. The van der Waals surface area contributed by atoms with Crippen molar-refractivity contribution in [2.45, 2.75) is 45.3 Å². The number of hydrogen-bond donors (Lipinski definition) is 1. The number of carbonyl (C=O) groups excluding carboxylic acids is 1. The maximum absolute atomic E-state index is 11.8. The highest BCUT2D eigenvalue weighted by Gasteiger charge is 2.26. The van der Waals surface area contributed by atoms with Gasteiger partial charge in [0.1, 0.15) is 5.60 Å². The highest BCUT2D eigenvalue weighted by atomic mass is 16.6. The van der Waals surface area contributed by atoms with Crippen LogP contribution in [-0.2, 0) is 11.2 Å². The van der Waals surface area contributed by atoms with Crippen molar-refractivity contribution in [1.29, 1.82) is 5.26 Å². The summed E-state index contributed by atoms with van der Waals surface area (Å²) in [6, 6.07) is 7.72. The largest absolute Gasteiger partial charge is 0.444 e. The van der Waals surface area contributed by atoms with E-state index >= 15 is 0 Å². The molecule has 0 aliphatic heterocycles. The van der Waals surface area contributed by atoms with Gasteiger partial charge in [0.2, 0.25) is 0 Å². The lowest BCUT2D eigenvalue weighted by Crippen LogP contribution is -2.34. The molecule has 4 nitrogen and oxygen atoms in total. The monoisotopic (exact) mass is 258 g/mol. The Bertz CT molecular complexity index is 538. The fourth-order valence-corrected chi connectivity index (χ4v) is 2.29. The molecule has 0 spiro atoms. The third-order valence-electron chi connectivity index (χ3n) is 3.04. The molecule has 19 heavy (non-hydrogen) atoms. The number of alkyl carbamates (subject to hydrolysis) is 1. The lowest BCUT2D eigenvalue weighted by molar-refractivity contribution is 0.0503. The molecule has 0 fully saturated rings. The molecule has 4 heteroatoms. The number of nitriles is 1. The van der Waals surface area contributed by atoms with Crippen LogP contribution in [0.15, 0.2) is 18.2 Å². The first-order valence-electron chi connectivity index (χ1n) is 6.41. The van der Waals surface area contributed by atoms with Crippen molar-refractivity contribution in [3.05, 3.63) is 34.9 Å². The van der Waals surface area contributed by atoms with Crippen molar-refractivity contribution in [3.8, 4) is 6.07 Å². The van der Waals surface area contributed by atoms with Gasteiger partial charge in [-0.2, -0.15) is 5.26 Å². The van der Waals surface area contributed by atoms with Gasteiger partial charge in [0.25, 0.3) is 0 Å². The molecular weight excluding hydrogens is 240 g/mol. The number of fused-ring (bicyclic) bond motifs is 1. The first-order chi connectivity index (χ1) is 8.89. The first-order valence-corrected chi connectivity index (χ1v) is 6.41. The van der Waals surface area contributed by atoms with Gasteiger partial charge in [-0.15, -0.1) is 0 Å².